The minimum Gasteiger partial charge on any atom is -0.497 e. The molecule has 0 unspecified atom stereocenters. The predicted molar refractivity (Wildman–Crippen MR) is 137 cm³/mol. The van der Waals surface area contributed by atoms with E-state index in [1.54, 1.807) is 7.11 Å². The number of carbonyl (C=O) groups excluding carboxylic acids is 1. The average Bonchev–Trinajstić information content (AvgIpc) is 3.59. The summed E-state index contributed by atoms with van der Waals surface area (Å²) in [6.07, 6.45) is 1.65. The molecule has 0 radical (unpaired) electrons. The zero-order valence-electron chi connectivity index (χ0n) is 21.6. The van der Waals surface area contributed by atoms with Crippen molar-refractivity contribution in [3.63, 3.8) is 0 Å². The van der Waals surface area contributed by atoms with Crippen molar-refractivity contribution in [3.05, 3.63) is 59.7 Å². The Balaban J connectivity index is 0.000000505. The minimum absolute atomic E-state index is 0.160. The van der Waals surface area contributed by atoms with Crippen LogP contribution in [0.4, 0.5) is 13.2 Å². The summed E-state index contributed by atoms with van der Waals surface area (Å²) < 4.78 is 42.8. The number of benzene rings is 2. The van der Waals surface area contributed by atoms with Crippen molar-refractivity contribution in [3.8, 4) is 11.5 Å². The molecule has 1 amide bonds. The number of hydrogen-bond acceptors (Lipinski definition) is 5. The van der Waals surface area contributed by atoms with Gasteiger partial charge < -0.3 is 24.4 Å². The molecule has 4 rings (SSSR count). The van der Waals surface area contributed by atoms with E-state index in [1.165, 1.54) is 31.5 Å². The second-order valence-electron chi connectivity index (χ2n) is 9.43. The van der Waals surface area contributed by atoms with Gasteiger partial charge in [0.15, 0.2) is 0 Å². The lowest BCUT2D eigenvalue weighted by Gasteiger charge is -2.28. The van der Waals surface area contributed by atoms with Crippen molar-refractivity contribution in [2.75, 3.05) is 39.9 Å². The van der Waals surface area contributed by atoms with Crippen LogP contribution in [-0.2, 0) is 11.2 Å². The summed E-state index contributed by atoms with van der Waals surface area (Å²) in [4.78, 5) is 26.6. The molecular formula is C28H35F3N2O5. The molecule has 2 aromatic carbocycles. The number of ether oxygens (including phenoxy) is 2. The number of carboxylic acids is 1. The molecule has 38 heavy (non-hydrogen) atoms. The summed E-state index contributed by atoms with van der Waals surface area (Å²) in [7, 11) is 1.68. The Morgan fingerprint density at radius 2 is 1.55 bits per heavy atom. The van der Waals surface area contributed by atoms with Crippen molar-refractivity contribution in [1.82, 2.24) is 9.80 Å². The first kappa shape index (κ1) is 29.3. The predicted octanol–water partition coefficient (Wildman–Crippen LogP) is 5.04. The second kappa shape index (κ2) is 14.0. The molecule has 2 saturated heterocycles. The standard InChI is InChI=1S/C26H34N2O3.C2HF3O2/c1-30-24-12-8-21(9-13-24)6-5-19-31-25-14-10-22(11-15-25)26(29)28-18-4-7-23(28)20-27-16-2-3-17-27;3-2(4,5)1(6)7/h8-15,23H,2-7,16-20H2,1H3;(H,6,7)/t23-;/m0./s1. The van der Waals surface area contributed by atoms with Crippen LogP contribution in [0.25, 0.3) is 0 Å². The quantitative estimate of drug-likeness (QED) is 0.453. The summed E-state index contributed by atoms with van der Waals surface area (Å²) in [5.41, 5.74) is 2.04. The summed E-state index contributed by atoms with van der Waals surface area (Å²) in [5, 5.41) is 7.12. The fourth-order valence-corrected chi connectivity index (χ4v) is 4.67. The van der Waals surface area contributed by atoms with Gasteiger partial charge in [-0.2, -0.15) is 13.2 Å². The van der Waals surface area contributed by atoms with Crippen LogP contribution >= 0.6 is 0 Å². The molecule has 0 aromatic heterocycles. The molecule has 2 aromatic rings. The number of nitrogens with zero attached hydrogens (tertiary/aromatic N) is 2. The Kier molecular flexibility index (Phi) is 10.8. The fourth-order valence-electron chi connectivity index (χ4n) is 4.67. The van der Waals surface area contributed by atoms with E-state index < -0.39 is 12.1 Å². The molecule has 1 N–H and O–H groups in total. The smallest absolute Gasteiger partial charge is 0.490 e. The number of methoxy groups -OCH3 is 1. The highest BCUT2D eigenvalue weighted by molar-refractivity contribution is 5.94. The third-order valence-electron chi connectivity index (χ3n) is 6.69. The highest BCUT2D eigenvalue weighted by Crippen LogP contribution is 2.24. The van der Waals surface area contributed by atoms with Crippen molar-refractivity contribution in [1.29, 1.82) is 0 Å². The van der Waals surface area contributed by atoms with Gasteiger partial charge in [0.05, 0.1) is 13.7 Å². The number of carboxylic acid groups (broad SMARTS) is 1. The topological polar surface area (TPSA) is 79.3 Å². The van der Waals surface area contributed by atoms with Gasteiger partial charge in [0.1, 0.15) is 11.5 Å². The first-order valence-corrected chi connectivity index (χ1v) is 12.9. The third-order valence-corrected chi connectivity index (χ3v) is 6.69. The minimum atomic E-state index is -5.08. The molecule has 7 nitrogen and oxygen atoms in total. The Morgan fingerprint density at radius 3 is 2.13 bits per heavy atom. The van der Waals surface area contributed by atoms with Gasteiger partial charge in [-0.25, -0.2) is 4.79 Å². The number of alkyl halides is 3. The van der Waals surface area contributed by atoms with Crippen LogP contribution < -0.4 is 9.47 Å². The maximum Gasteiger partial charge on any atom is 0.490 e. The zero-order valence-corrected chi connectivity index (χ0v) is 21.6. The highest BCUT2D eigenvalue weighted by atomic mass is 19.4. The molecule has 1 atom stereocenters. The van der Waals surface area contributed by atoms with E-state index in [-0.39, 0.29) is 5.91 Å². The monoisotopic (exact) mass is 536 g/mol. The van der Waals surface area contributed by atoms with Gasteiger partial charge in [-0.15, -0.1) is 0 Å². The van der Waals surface area contributed by atoms with Gasteiger partial charge in [0.2, 0.25) is 0 Å². The first-order valence-electron chi connectivity index (χ1n) is 12.9. The van der Waals surface area contributed by atoms with Crippen LogP contribution in [0.3, 0.4) is 0 Å². The molecule has 2 aliphatic rings. The molecule has 2 fully saturated rings. The molecule has 0 bridgehead atoms. The zero-order chi connectivity index (χ0) is 27.5. The fraction of sp³-hybridized carbons (Fsp3) is 0.500. The summed E-state index contributed by atoms with van der Waals surface area (Å²) in [6, 6.07) is 16.2. The maximum absolute atomic E-state index is 13.1. The van der Waals surface area contributed by atoms with Crippen molar-refractivity contribution in [2.45, 2.75) is 50.7 Å². The lowest BCUT2D eigenvalue weighted by atomic mass is 10.1. The Labute approximate surface area is 221 Å². The Bertz CT molecular complexity index is 1020. The number of likely N-dealkylation sites (tertiary alicyclic amines) is 2. The molecule has 0 spiro atoms. The molecule has 208 valence electrons. The summed E-state index contributed by atoms with van der Waals surface area (Å²) >= 11 is 0. The number of rotatable bonds is 9. The average molecular weight is 537 g/mol. The van der Waals surface area contributed by atoms with Crippen LogP contribution in [-0.4, -0.2) is 78.9 Å². The van der Waals surface area contributed by atoms with Gasteiger partial charge in [-0.05, 0) is 93.6 Å². The van der Waals surface area contributed by atoms with Crippen molar-refractivity contribution >= 4 is 11.9 Å². The van der Waals surface area contributed by atoms with Crippen LogP contribution in [0.1, 0.15) is 48.0 Å². The third kappa shape index (κ3) is 8.93. The van der Waals surface area contributed by atoms with Gasteiger partial charge in [0, 0.05) is 24.7 Å². The Hall–Kier alpha value is -3.27. The number of aliphatic carboxylic acids is 1. The largest absolute Gasteiger partial charge is 0.497 e. The van der Waals surface area contributed by atoms with E-state index in [2.05, 4.69) is 21.9 Å². The summed E-state index contributed by atoms with van der Waals surface area (Å²) in [6.45, 7) is 4.93. The van der Waals surface area contributed by atoms with Crippen LogP contribution in [0.5, 0.6) is 11.5 Å². The second-order valence-corrected chi connectivity index (χ2v) is 9.43. The number of aryl methyl sites for hydroxylation is 1. The summed E-state index contributed by atoms with van der Waals surface area (Å²) in [5.74, 6) is -0.896. The Morgan fingerprint density at radius 1 is 0.947 bits per heavy atom. The van der Waals surface area contributed by atoms with Gasteiger partial charge in [-0.3, -0.25) is 4.79 Å². The van der Waals surface area contributed by atoms with Crippen molar-refractivity contribution < 1.29 is 37.3 Å². The van der Waals surface area contributed by atoms with Gasteiger partial charge >= 0.3 is 12.1 Å². The van der Waals surface area contributed by atoms with E-state index in [0.29, 0.717) is 12.6 Å². The molecule has 10 heteroatoms. The maximum atomic E-state index is 13.1. The van der Waals surface area contributed by atoms with E-state index in [1.807, 2.05) is 36.4 Å². The first-order chi connectivity index (χ1) is 18.2. The number of amides is 1. The SMILES string of the molecule is COc1ccc(CCCOc2ccc(C(=O)N3CCC[C@H]3CN3CCCC3)cc2)cc1.O=C(O)C(F)(F)F. The van der Waals surface area contributed by atoms with Gasteiger partial charge in [0.25, 0.3) is 5.91 Å². The lowest BCUT2D eigenvalue weighted by Crippen LogP contribution is -2.42. The number of hydrogen-bond donors (Lipinski definition) is 1. The van der Waals surface area contributed by atoms with E-state index in [0.717, 1.165) is 55.8 Å². The molecular weight excluding hydrogens is 501 g/mol. The van der Waals surface area contributed by atoms with Crippen molar-refractivity contribution in [2.24, 2.45) is 0 Å². The molecule has 2 aliphatic heterocycles. The van der Waals surface area contributed by atoms with E-state index in [9.17, 15) is 18.0 Å². The normalized spacial score (nSPS) is 17.6. The van der Waals surface area contributed by atoms with Gasteiger partial charge in [-0.1, -0.05) is 12.1 Å². The van der Waals surface area contributed by atoms with Crippen LogP contribution in [0, 0.1) is 0 Å². The molecule has 2 heterocycles. The number of carbonyl (C=O) groups is 2. The van der Waals surface area contributed by atoms with Crippen LogP contribution in [0.2, 0.25) is 0 Å². The highest BCUT2D eigenvalue weighted by Gasteiger charge is 2.38. The van der Waals surface area contributed by atoms with E-state index in [4.69, 9.17) is 19.4 Å². The number of halogens is 3. The molecule has 0 saturated carbocycles. The lowest BCUT2D eigenvalue weighted by molar-refractivity contribution is -0.192. The van der Waals surface area contributed by atoms with E-state index >= 15 is 0 Å². The van der Waals surface area contributed by atoms with Crippen LogP contribution in [0.15, 0.2) is 48.5 Å². The molecule has 0 aliphatic carbocycles.